The third-order valence-corrected chi connectivity index (χ3v) is 4.05. The van der Waals surface area contributed by atoms with Crippen LogP contribution < -0.4 is 5.32 Å². The van der Waals surface area contributed by atoms with Gasteiger partial charge in [-0.3, -0.25) is 4.79 Å². The Labute approximate surface area is 125 Å². The van der Waals surface area contributed by atoms with E-state index in [1.165, 1.54) is 24.0 Å². The Morgan fingerprint density at radius 2 is 2.10 bits per heavy atom. The number of benzene rings is 1. The van der Waals surface area contributed by atoms with Crippen molar-refractivity contribution in [2.75, 3.05) is 6.54 Å². The van der Waals surface area contributed by atoms with Gasteiger partial charge in [0.05, 0.1) is 6.33 Å². The highest BCUT2D eigenvalue weighted by Crippen LogP contribution is 2.22. The molecule has 4 heteroatoms. The molecule has 0 bridgehead atoms. The van der Waals surface area contributed by atoms with Crippen molar-refractivity contribution < 1.29 is 4.79 Å². The van der Waals surface area contributed by atoms with Crippen LogP contribution in [0.3, 0.4) is 0 Å². The molecule has 4 nitrogen and oxygen atoms in total. The van der Waals surface area contributed by atoms with Crippen molar-refractivity contribution in [1.29, 1.82) is 0 Å². The first-order chi connectivity index (χ1) is 10.3. The van der Waals surface area contributed by atoms with Crippen molar-refractivity contribution in [2.45, 2.75) is 38.6 Å². The van der Waals surface area contributed by atoms with Crippen LogP contribution in [0.4, 0.5) is 0 Å². The Bertz CT molecular complexity index is 605. The summed E-state index contributed by atoms with van der Waals surface area (Å²) in [6.07, 6.45) is 11.2. The Kier molecular flexibility index (Phi) is 4.34. The lowest BCUT2D eigenvalue weighted by molar-refractivity contribution is 0.0952. The average Bonchev–Trinajstić information content (AvgIpc) is 3.04. The summed E-state index contributed by atoms with van der Waals surface area (Å²) in [7, 11) is 0. The number of hydrogen-bond donors (Lipinski definition) is 1. The lowest BCUT2D eigenvalue weighted by atomic mass is 9.90. The molecule has 110 valence electrons. The second-order valence-electron chi connectivity index (χ2n) is 5.60. The molecule has 2 aromatic rings. The minimum atomic E-state index is 0.0361. The zero-order chi connectivity index (χ0) is 14.5. The van der Waals surface area contributed by atoms with Crippen molar-refractivity contribution in [2.24, 2.45) is 0 Å². The van der Waals surface area contributed by atoms with Gasteiger partial charge in [-0.15, -0.1) is 0 Å². The largest absolute Gasteiger partial charge is 0.352 e. The highest BCUT2D eigenvalue weighted by Gasteiger charge is 2.12. The molecule has 1 heterocycles. The molecule has 0 atom stereocenters. The highest BCUT2D eigenvalue weighted by molar-refractivity contribution is 5.94. The number of hydrogen-bond acceptors (Lipinski definition) is 2. The number of carbonyl (C=O) groups excluding carboxylic acids is 1. The van der Waals surface area contributed by atoms with E-state index in [0.29, 0.717) is 6.54 Å². The second-order valence-corrected chi connectivity index (χ2v) is 5.60. The molecule has 1 aromatic carbocycles. The predicted molar refractivity (Wildman–Crippen MR) is 82.3 cm³/mol. The Balaban J connectivity index is 1.51. The molecule has 1 aliphatic carbocycles. The summed E-state index contributed by atoms with van der Waals surface area (Å²) in [5.74, 6) is 0.0361. The van der Waals surface area contributed by atoms with E-state index in [0.717, 1.165) is 31.4 Å². The van der Waals surface area contributed by atoms with Crippen LogP contribution in [0.15, 0.2) is 36.9 Å². The number of amides is 1. The van der Waals surface area contributed by atoms with E-state index in [-0.39, 0.29) is 5.91 Å². The lowest BCUT2D eigenvalue weighted by Gasteiger charge is -2.16. The molecular formula is C17H21N3O. The summed E-state index contributed by atoms with van der Waals surface area (Å²) < 4.78 is 2.02. The van der Waals surface area contributed by atoms with Crippen LogP contribution in [0.2, 0.25) is 0 Å². The summed E-state index contributed by atoms with van der Waals surface area (Å²) in [4.78, 5) is 16.2. The summed E-state index contributed by atoms with van der Waals surface area (Å²) in [5.41, 5.74) is 3.56. The number of nitrogens with zero attached hydrogens (tertiary/aromatic N) is 2. The molecule has 3 rings (SSSR count). The number of rotatable bonds is 5. The standard InChI is InChI=1S/C17H21N3O/c21-17(19-8-3-10-20-11-9-18-13-20)16-7-6-14-4-1-2-5-15(14)12-16/h6-7,9,11-13H,1-5,8,10H2,(H,19,21). The Morgan fingerprint density at radius 3 is 2.90 bits per heavy atom. The average molecular weight is 283 g/mol. The Morgan fingerprint density at radius 1 is 1.24 bits per heavy atom. The van der Waals surface area contributed by atoms with E-state index in [4.69, 9.17) is 0 Å². The smallest absolute Gasteiger partial charge is 0.251 e. The van der Waals surface area contributed by atoms with Crippen LogP contribution in [0.1, 0.15) is 40.7 Å². The van der Waals surface area contributed by atoms with Gasteiger partial charge in [0.25, 0.3) is 5.91 Å². The minimum Gasteiger partial charge on any atom is -0.352 e. The first kappa shape index (κ1) is 13.9. The molecule has 0 unspecified atom stereocenters. The van der Waals surface area contributed by atoms with Gasteiger partial charge in [-0.25, -0.2) is 4.98 Å². The minimum absolute atomic E-state index is 0.0361. The molecule has 0 radical (unpaired) electrons. The van der Waals surface area contributed by atoms with E-state index >= 15 is 0 Å². The molecule has 0 saturated carbocycles. The Hall–Kier alpha value is -2.10. The maximum absolute atomic E-state index is 12.2. The van der Waals surface area contributed by atoms with Gasteiger partial charge in [0.1, 0.15) is 0 Å². The van der Waals surface area contributed by atoms with E-state index in [1.54, 1.807) is 12.5 Å². The lowest BCUT2D eigenvalue weighted by Crippen LogP contribution is -2.25. The van der Waals surface area contributed by atoms with Gasteiger partial charge in [0.2, 0.25) is 0 Å². The fraction of sp³-hybridized carbons (Fsp3) is 0.412. The van der Waals surface area contributed by atoms with Gasteiger partial charge in [-0.05, 0) is 55.4 Å². The quantitative estimate of drug-likeness (QED) is 0.857. The molecule has 1 aromatic heterocycles. The summed E-state index contributed by atoms with van der Waals surface area (Å²) in [5, 5.41) is 3.00. The van der Waals surface area contributed by atoms with Gasteiger partial charge in [0, 0.05) is 31.0 Å². The SMILES string of the molecule is O=C(NCCCn1ccnc1)c1ccc2c(c1)CCCC2. The van der Waals surface area contributed by atoms with Crippen LogP contribution in [-0.4, -0.2) is 22.0 Å². The molecule has 1 aliphatic rings. The van der Waals surface area contributed by atoms with Crippen LogP contribution in [0, 0.1) is 0 Å². The summed E-state index contributed by atoms with van der Waals surface area (Å²) >= 11 is 0. The van der Waals surface area contributed by atoms with Crippen molar-refractivity contribution in [3.63, 3.8) is 0 Å². The van der Waals surface area contributed by atoms with Crippen LogP contribution in [0.5, 0.6) is 0 Å². The molecule has 0 aliphatic heterocycles. The molecular weight excluding hydrogens is 262 g/mol. The van der Waals surface area contributed by atoms with E-state index < -0.39 is 0 Å². The van der Waals surface area contributed by atoms with Crippen LogP contribution >= 0.6 is 0 Å². The molecule has 0 spiro atoms. The molecule has 0 fully saturated rings. The van der Waals surface area contributed by atoms with Crippen molar-refractivity contribution >= 4 is 5.91 Å². The first-order valence-electron chi connectivity index (χ1n) is 7.69. The molecule has 1 N–H and O–H groups in total. The van der Waals surface area contributed by atoms with Gasteiger partial charge in [-0.2, -0.15) is 0 Å². The van der Waals surface area contributed by atoms with Crippen molar-refractivity contribution in [1.82, 2.24) is 14.9 Å². The van der Waals surface area contributed by atoms with Gasteiger partial charge in [-0.1, -0.05) is 6.07 Å². The van der Waals surface area contributed by atoms with E-state index in [9.17, 15) is 4.79 Å². The van der Waals surface area contributed by atoms with E-state index in [2.05, 4.69) is 22.4 Å². The normalized spacial score (nSPS) is 13.7. The molecule has 1 amide bonds. The number of carbonyl (C=O) groups is 1. The number of aromatic nitrogens is 2. The van der Waals surface area contributed by atoms with Gasteiger partial charge in [0.15, 0.2) is 0 Å². The number of fused-ring (bicyclic) bond motifs is 1. The molecule has 21 heavy (non-hydrogen) atoms. The maximum Gasteiger partial charge on any atom is 0.251 e. The predicted octanol–water partition coefficient (Wildman–Crippen LogP) is 2.58. The third kappa shape index (κ3) is 3.51. The van der Waals surface area contributed by atoms with Gasteiger partial charge < -0.3 is 9.88 Å². The van der Waals surface area contributed by atoms with E-state index in [1.807, 2.05) is 16.8 Å². The zero-order valence-electron chi connectivity index (χ0n) is 12.2. The first-order valence-corrected chi connectivity index (χ1v) is 7.69. The number of aryl methyl sites for hydroxylation is 3. The fourth-order valence-electron chi connectivity index (χ4n) is 2.86. The second kappa shape index (κ2) is 6.57. The van der Waals surface area contributed by atoms with Crippen molar-refractivity contribution in [3.05, 3.63) is 53.6 Å². The molecule has 0 saturated heterocycles. The maximum atomic E-state index is 12.2. The number of nitrogens with one attached hydrogen (secondary N) is 1. The fourth-order valence-corrected chi connectivity index (χ4v) is 2.86. The zero-order valence-corrected chi connectivity index (χ0v) is 12.2. The third-order valence-electron chi connectivity index (χ3n) is 4.05. The van der Waals surface area contributed by atoms with Crippen LogP contribution in [0.25, 0.3) is 0 Å². The topological polar surface area (TPSA) is 46.9 Å². The summed E-state index contributed by atoms with van der Waals surface area (Å²) in [6.45, 7) is 1.57. The van der Waals surface area contributed by atoms with Crippen molar-refractivity contribution in [3.8, 4) is 0 Å². The van der Waals surface area contributed by atoms with Gasteiger partial charge >= 0.3 is 0 Å². The number of imidazole rings is 1. The monoisotopic (exact) mass is 283 g/mol. The summed E-state index contributed by atoms with van der Waals surface area (Å²) in [6, 6.07) is 6.14. The highest BCUT2D eigenvalue weighted by atomic mass is 16.1. The van der Waals surface area contributed by atoms with Crippen LogP contribution in [-0.2, 0) is 19.4 Å².